The van der Waals surface area contributed by atoms with Gasteiger partial charge in [-0.15, -0.1) is 0 Å². The highest BCUT2D eigenvalue weighted by Gasteiger charge is 2.11. The largest absolute Gasteiger partial charge is 0.369 e. The molecule has 18 heavy (non-hydrogen) atoms. The number of halogens is 1. The summed E-state index contributed by atoms with van der Waals surface area (Å²) >= 11 is 0. The van der Waals surface area contributed by atoms with E-state index in [1.165, 1.54) is 12.1 Å². The highest BCUT2D eigenvalue weighted by molar-refractivity contribution is 5.83. The van der Waals surface area contributed by atoms with Gasteiger partial charge in [0.1, 0.15) is 5.82 Å². The van der Waals surface area contributed by atoms with Crippen molar-refractivity contribution in [2.24, 2.45) is 0 Å². The molecule has 0 saturated carbocycles. The lowest BCUT2D eigenvalue weighted by Crippen LogP contribution is -2.00. The lowest BCUT2D eigenvalue weighted by Gasteiger charge is -2.06. The molecule has 0 fully saturated rings. The van der Waals surface area contributed by atoms with Gasteiger partial charge in [0.05, 0.1) is 16.7 Å². The van der Waals surface area contributed by atoms with Crippen LogP contribution in [-0.4, -0.2) is 9.55 Å². The second kappa shape index (κ2) is 3.84. The number of aryl methyl sites for hydroxylation is 1. The average Bonchev–Trinajstić information content (AvgIpc) is 2.67. The molecule has 3 rings (SSSR count). The Bertz CT molecular complexity index is 731. The van der Waals surface area contributed by atoms with Gasteiger partial charge in [0.2, 0.25) is 5.95 Å². The minimum absolute atomic E-state index is 0.290. The SMILES string of the molecule is Cc1cccc2c1nc(N)n2-c1cccc(F)c1. The molecule has 0 aliphatic rings. The van der Waals surface area contributed by atoms with E-state index in [-0.39, 0.29) is 5.82 Å². The molecule has 1 aromatic heterocycles. The fourth-order valence-corrected chi connectivity index (χ4v) is 2.14. The number of benzene rings is 2. The summed E-state index contributed by atoms with van der Waals surface area (Å²) in [7, 11) is 0. The summed E-state index contributed by atoms with van der Waals surface area (Å²) in [6.45, 7) is 1.98. The van der Waals surface area contributed by atoms with Crippen molar-refractivity contribution >= 4 is 17.0 Å². The number of nitrogens with zero attached hydrogens (tertiary/aromatic N) is 2. The molecular formula is C14H12FN3. The number of anilines is 1. The van der Waals surface area contributed by atoms with Crippen LogP contribution in [0.1, 0.15) is 5.56 Å². The summed E-state index contributed by atoms with van der Waals surface area (Å²) in [6.07, 6.45) is 0. The van der Waals surface area contributed by atoms with E-state index in [0.717, 1.165) is 16.6 Å². The molecule has 2 aromatic carbocycles. The van der Waals surface area contributed by atoms with Gasteiger partial charge in [-0.05, 0) is 36.8 Å². The number of para-hydroxylation sites is 1. The third kappa shape index (κ3) is 1.54. The van der Waals surface area contributed by atoms with Crippen LogP contribution in [0.5, 0.6) is 0 Å². The molecule has 0 saturated heterocycles. The summed E-state index contributed by atoms with van der Waals surface area (Å²) < 4.78 is 15.1. The van der Waals surface area contributed by atoms with E-state index in [1.807, 2.05) is 31.2 Å². The number of hydrogen-bond donors (Lipinski definition) is 1. The predicted molar refractivity (Wildman–Crippen MR) is 70.2 cm³/mol. The molecule has 0 bridgehead atoms. The Kier molecular flexibility index (Phi) is 2.30. The first-order valence-electron chi connectivity index (χ1n) is 5.66. The minimum Gasteiger partial charge on any atom is -0.369 e. The molecule has 0 aliphatic carbocycles. The van der Waals surface area contributed by atoms with Gasteiger partial charge in [-0.1, -0.05) is 18.2 Å². The Balaban J connectivity index is 2.36. The zero-order valence-corrected chi connectivity index (χ0v) is 9.89. The molecule has 0 aliphatic heterocycles. The maximum absolute atomic E-state index is 13.3. The first-order valence-corrected chi connectivity index (χ1v) is 5.66. The first kappa shape index (κ1) is 10.8. The van der Waals surface area contributed by atoms with Crippen molar-refractivity contribution < 1.29 is 4.39 Å². The summed E-state index contributed by atoms with van der Waals surface area (Å²) in [5.74, 6) is 0.0753. The van der Waals surface area contributed by atoms with Crippen LogP contribution in [0.2, 0.25) is 0 Å². The second-order valence-corrected chi connectivity index (χ2v) is 4.23. The van der Waals surface area contributed by atoms with E-state index in [2.05, 4.69) is 4.98 Å². The fourth-order valence-electron chi connectivity index (χ4n) is 2.14. The van der Waals surface area contributed by atoms with Crippen molar-refractivity contribution in [3.8, 4) is 5.69 Å². The van der Waals surface area contributed by atoms with Crippen LogP contribution >= 0.6 is 0 Å². The highest BCUT2D eigenvalue weighted by atomic mass is 19.1. The fraction of sp³-hybridized carbons (Fsp3) is 0.0714. The van der Waals surface area contributed by atoms with Gasteiger partial charge < -0.3 is 5.73 Å². The Morgan fingerprint density at radius 3 is 2.72 bits per heavy atom. The van der Waals surface area contributed by atoms with Gasteiger partial charge in [0, 0.05) is 0 Å². The summed E-state index contributed by atoms with van der Waals surface area (Å²) in [5, 5.41) is 0. The van der Waals surface area contributed by atoms with Crippen LogP contribution in [0.4, 0.5) is 10.3 Å². The Hall–Kier alpha value is -2.36. The van der Waals surface area contributed by atoms with Crippen LogP contribution in [0.15, 0.2) is 42.5 Å². The number of aromatic nitrogens is 2. The zero-order chi connectivity index (χ0) is 12.7. The standard InChI is InChI=1S/C14H12FN3/c1-9-4-2-7-12-13(9)17-14(16)18(12)11-6-3-5-10(15)8-11/h2-8H,1H3,(H2,16,17). The third-order valence-corrected chi connectivity index (χ3v) is 2.98. The number of imidazole rings is 1. The molecule has 0 radical (unpaired) electrons. The Labute approximate surface area is 104 Å². The molecule has 0 amide bonds. The summed E-state index contributed by atoms with van der Waals surface area (Å²) in [6, 6.07) is 12.2. The number of nitrogens with two attached hydrogens (primary N) is 1. The molecule has 0 unspecified atom stereocenters. The molecule has 2 N–H and O–H groups in total. The summed E-state index contributed by atoms with van der Waals surface area (Å²) in [4.78, 5) is 4.34. The van der Waals surface area contributed by atoms with E-state index in [9.17, 15) is 4.39 Å². The van der Waals surface area contributed by atoms with E-state index in [0.29, 0.717) is 11.6 Å². The molecule has 90 valence electrons. The smallest absolute Gasteiger partial charge is 0.205 e. The lowest BCUT2D eigenvalue weighted by atomic mass is 10.2. The highest BCUT2D eigenvalue weighted by Crippen LogP contribution is 2.25. The van der Waals surface area contributed by atoms with E-state index < -0.39 is 0 Å². The van der Waals surface area contributed by atoms with Gasteiger partial charge in [0.15, 0.2) is 0 Å². The number of rotatable bonds is 1. The quantitative estimate of drug-likeness (QED) is 0.711. The maximum atomic E-state index is 13.3. The third-order valence-electron chi connectivity index (χ3n) is 2.98. The van der Waals surface area contributed by atoms with E-state index in [4.69, 9.17) is 5.73 Å². The topological polar surface area (TPSA) is 43.8 Å². The van der Waals surface area contributed by atoms with Crippen molar-refractivity contribution in [3.05, 3.63) is 53.8 Å². The Morgan fingerprint density at radius 1 is 1.17 bits per heavy atom. The van der Waals surface area contributed by atoms with Crippen molar-refractivity contribution in [2.45, 2.75) is 6.92 Å². The summed E-state index contributed by atoms with van der Waals surface area (Å²) in [5.41, 5.74) is 9.40. The van der Waals surface area contributed by atoms with E-state index in [1.54, 1.807) is 10.6 Å². The number of hydrogen-bond acceptors (Lipinski definition) is 2. The predicted octanol–water partition coefficient (Wildman–Crippen LogP) is 3.06. The molecule has 0 atom stereocenters. The van der Waals surface area contributed by atoms with Crippen molar-refractivity contribution in [1.29, 1.82) is 0 Å². The van der Waals surface area contributed by atoms with Crippen molar-refractivity contribution in [3.63, 3.8) is 0 Å². The molecule has 0 spiro atoms. The number of fused-ring (bicyclic) bond motifs is 1. The lowest BCUT2D eigenvalue weighted by molar-refractivity contribution is 0.627. The molecule has 1 heterocycles. The second-order valence-electron chi connectivity index (χ2n) is 4.23. The van der Waals surface area contributed by atoms with Gasteiger partial charge in [0.25, 0.3) is 0 Å². The van der Waals surface area contributed by atoms with Crippen LogP contribution < -0.4 is 5.73 Å². The van der Waals surface area contributed by atoms with Gasteiger partial charge in [-0.3, -0.25) is 4.57 Å². The molecule has 3 nitrogen and oxygen atoms in total. The first-order chi connectivity index (χ1) is 8.66. The Morgan fingerprint density at radius 2 is 1.94 bits per heavy atom. The van der Waals surface area contributed by atoms with Crippen molar-refractivity contribution in [2.75, 3.05) is 5.73 Å². The zero-order valence-electron chi connectivity index (χ0n) is 9.89. The normalized spacial score (nSPS) is 11.0. The van der Waals surface area contributed by atoms with Gasteiger partial charge in [-0.2, -0.15) is 0 Å². The molecular weight excluding hydrogens is 229 g/mol. The van der Waals surface area contributed by atoms with Crippen LogP contribution in [-0.2, 0) is 0 Å². The average molecular weight is 241 g/mol. The maximum Gasteiger partial charge on any atom is 0.205 e. The van der Waals surface area contributed by atoms with Gasteiger partial charge in [-0.25, -0.2) is 9.37 Å². The number of nitrogen functional groups attached to an aromatic ring is 1. The molecule has 4 heteroatoms. The van der Waals surface area contributed by atoms with Crippen LogP contribution in [0, 0.1) is 12.7 Å². The van der Waals surface area contributed by atoms with E-state index >= 15 is 0 Å². The van der Waals surface area contributed by atoms with Crippen molar-refractivity contribution in [1.82, 2.24) is 9.55 Å². The van der Waals surface area contributed by atoms with Crippen LogP contribution in [0.3, 0.4) is 0 Å². The van der Waals surface area contributed by atoms with Crippen LogP contribution in [0.25, 0.3) is 16.7 Å². The minimum atomic E-state index is -0.290. The molecule has 3 aromatic rings. The monoisotopic (exact) mass is 241 g/mol. The van der Waals surface area contributed by atoms with Gasteiger partial charge >= 0.3 is 0 Å².